The summed E-state index contributed by atoms with van der Waals surface area (Å²) < 4.78 is 7.85. The lowest BCUT2D eigenvalue weighted by atomic mass is 9.97. The Morgan fingerprint density at radius 1 is 1.44 bits per heavy atom. The van der Waals surface area contributed by atoms with Crippen LogP contribution in [0.25, 0.3) is 10.9 Å². The van der Waals surface area contributed by atoms with Gasteiger partial charge in [-0.3, -0.25) is 9.48 Å². The Bertz CT molecular complexity index is 882. The first-order valence-corrected chi connectivity index (χ1v) is 8.77. The summed E-state index contributed by atoms with van der Waals surface area (Å²) in [6.07, 6.45) is 7.39. The lowest BCUT2D eigenvalue weighted by Crippen LogP contribution is -2.42. The van der Waals surface area contributed by atoms with Gasteiger partial charge >= 0.3 is 0 Å². The second-order valence-corrected chi connectivity index (χ2v) is 6.39. The fraction of sp³-hybridized carbons (Fsp3) is 0.368. The largest absolute Gasteiger partial charge is 0.371 e. The number of carbonyl (C=O) groups is 1. The normalized spacial score (nSPS) is 20.7. The first kappa shape index (κ1) is 15.9. The van der Waals surface area contributed by atoms with Crippen LogP contribution in [0.3, 0.4) is 0 Å². The molecule has 2 atom stereocenters. The number of carbonyl (C=O) groups excluding carboxylic acids is 1. The van der Waals surface area contributed by atoms with Crippen LogP contribution in [0.15, 0.2) is 42.9 Å². The summed E-state index contributed by atoms with van der Waals surface area (Å²) in [7, 11) is 0. The highest BCUT2D eigenvalue weighted by Crippen LogP contribution is 2.29. The predicted octanol–water partition coefficient (Wildman–Crippen LogP) is 3.03. The van der Waals surface area contributed by atoms with E-state index in [1.807, 2.05) is 47.5 Å². The highest BCUT2D eigenvalue weighted by molar-refractivity contribution is 6.06. The third-order valence-corrected chi connectivity index (χ3v) is 4.78. The molecule has 1 fully saturated rings. The molecule has 4 rings (SSSR count). The minimum Gasteiger partial charge on any atom is -0.371 e. The van der Waals surface area contributed by atoms with Gasteiger partial charge in [-0.05, 0) is 38.0 Å². The number of hydrogen-bond donors (Lipinski definition) is 2. The zero-order valence-corrected chi connectivity index (χ0v) is 14.2. The van der Waals surface area contributed by atoms with E-state index >= 15 is 0 Å². The van der Waals surface area contributed by atoms with Crippen molar-refractivity contribution in [2.24, 2.45) is 0 Å². The van der Waals surface area contributed by atoms with Crippen LogP contribution >= 0.6 is 0 Å². The number of aromatic nitrogens is 3. The summed E-state index contributed by atoms with van der Waals surface area (Å²) in [6, 6.07) is 7.61. The molecule has 0 bridgehead atoms. The Labute approximate surface area is 146 Å². The van der Waals surface area contributed by atoms with E-state index in [0.29, 0.717) is 12.2 Å². The van der Waals surface area contributed by atoms with Crippen molar-refractivity contribution in [3.63, 3.8) is 0 Å². The number of benzene rings is 1. The quantitative estimate of drug-likeness (QED) is 0.768. The van der Waals surface area contributed by atoms with Crippen LogP contribution in [0.2, 0.25) is 0 Å². The fourth-order valence-corrected chi connectivity index (χ4v) is 3.49. The number of aryl methyl sites for hydroxylation is 1. The van der Waals surface area contributed by atoms with Gasteiger partial charge in [0.15, 0.2) is 0 Å². The van der Waals surface area contributed by atoms with Gasteiger partial charge in [0.1, 0.15) is 6.10 Å². The van der Waals surface area contributed by atoms with Gasteiger partial charge in [-0.25, -0.2) is 0 Å². The third-order valence-electron chi connectivity index (χ3n) is 4.78. The lowest BCUT2D eigenvalue weighted by Gasteiger charge is -2.31. The maximum Gasteiger partial charge on any atom is 0.252 e. The topological polar surface area (TPSA) is 71.9 Å². The summed E-state index contributed by atoms with van der Waals surface area (Å²) in [5, 5.41) is 8.45. The molecule has 0 unspecified atom stereocenters. The molecule has 6 heteroatoms. The molecule has 3 aromatic rings. The van der Waals surface area contributed by atoms with Crippen LogP contribution in [-0.2, 0) is 11.3 Å². The first-order chi connectivity index (χ1) is 12.3. The van der Waals surface area contributed by atoms with Crippen molar-refractivity contribution in [1.82, 2.24) is 20.1 Å². The van der Waals surface area contributed by atoms with Crippen molar-refractivity contribution in [3.05, 3.63) is 54.0 Å². The van der Waals surface area contributed by atoms with E-state index in [1.54, 1.807) is 0 Å². The molecule has 2 N–H and O–H groups in total. The van der Waals surface area contributed by atoms with Crippen molar-refractivity contribution in [3.8, 4) is 0 Å². The van der Waals surface area contributed by atoms with Crippen molar-refractivity contribution >= 4 is 16.8 Å². The number of nitrogens with one attached hydrogen (secondary N) is 2. The maximum atomic E-state index is 12.9. The molecule has 0 saturated carbocycles. The summed E-state index contributed by atoms with van der Waals surface area (Å²) >= 11 is 0. The van der Waals surface area contributed by atoms with E-state index in [0.717, 1.165) is 35.9 Å². The third kappa shape index (κ3) is 3.05. The van der Waals surface area contributed by atoms with E-state index in [-0.39, 0.29) is 18.1 Å². The Kier molecular flexibility index (Phi) is 4.28. The zero-order valence-electron chi connectivity index (χ0n) is 14.2. The number of rotatable bonds is 4. The van der Waals surface area contributed by atoms with Crippen LogP contribution in [0.5, 0.6) is 0 Å². The standard InChI is InChI=1S/C19H22N4O2/c1-2-23-12-13(11-21-23)18-17(7-4-10-25-18)22-19(24)15-5-3-6-16-14(15)8-9-20-16/h3,5-6,8-9,11-12,17-18,20H,2,4,7,10H2,1H3,(H,22,24)/t17-,18+/m0/s1. The van der Waals surface area contributed by atoms with Gasteiger partial charge in [-0.1, -0.05) is 6.07 Å². The average Bonchev–Trinajstić information content (AvgIpc) is 3.31. The van der Waals surface area contributed by atoms with Gasteiger partial charge in [-0.15, -0.1) is 0 Å². The summed E-state index contributed by atoms with van der Waals surface area (Å²) in [5.74, 6) is -0.0615. The second kappa shape index (κ2) is 6.72. The number of amides is 1. The number of ether oxygens (including phenoxy) is 1. The molecule has 1 aliphatic rings. The van der Waals surface area contributed by atoms with E-state index in [4.69, 9.17) is 4.74 Å². The Morgan fingerprint density at radius 3 is 3.20 bits per heavy atom. The van der Waals surface area contributed by atoms with E-state index < -0.39 is 0 Å². The van der Waals surface area contributed by atoms with Crippen molar-refractivity contribution in [2.45, 2.75) is 38.5 Å². The van der Waals surface area contributed by atoms with Crippen LogP contribution in [-0.4, -0.2) is 33.3 Å². The predicted molar refractivity (Wildman–Crippen MR) is 95.4 cm³/mol. The molecule has 1 saturated heterocycles. The minimum absolute atomic E-state index is 0.0510. The SMILES string of the molecule is CCn1cc([C@H]2OCCC[C@@H]2NC(=O)c2cccc3[nH]ccc23)cn1. The summed E-state index contributed by atoms with van der Waals surface area (Å²) in [5.41, 5.74) is 2.67. The van der Waals surface area contributed by atoms with Crippen molar-refractivity contribution in [2.75, 3.05) is 6.61 Å². The van der Waals surface area contributed by atoms with Gasteiger partial charge in [0, 0.05) is 47.6 Å². The summed E-state index contributed by atoms with van der Waals surface area (Å²) in [6.45, 7) is 3.58. The molecule has 0 radical (unpaired) electrons. The molecule has 1 aliphatic heterocycles. The Balaban J connectivity index is 1.57. The molecule has 6 nitrogen and oxygen atoms in total. The first-order valence-electron chi connectivity index (χ1n) is 8.77. The molecule has 2 aromatic heterocycles. The van der Waals surface area contributed by atoms with E-state index in [2.05, 4.69) is 22.3 Å². The van der Waals surface area contributed by atoms with Gasteiger partial charge in [0.05, 0.1) is 12.2 Å². The molecule has 130 valence electrons. The van der Waals surface area contributed by atoms with Crippen molar-refractivity contribution < 1.29 is 9.53 Å². The maximum absolute atomic E-state index is 12.9. The molecule has 0 aliphatic carbocycles. The van der Waals surface area contributed by atoms with E-state index in [9.17, 15) is 4.79 Å². The molecule has 1 amide bonds. The van der Waals surface area contributed by atoms with Gasteiger partial charge in [-0.2, -0.15) is 5.10 Å². The van der Waals surface area contributed by atoms with Gasteiger partial charge in [0.25, 0.3) is 5.91 Å². The fourth-order valence-electron chi connectivity index (χ4n) is 3.49. The molecule has 3 heterocycles. The molecular weight excluding hydrogens is 316 g/mol. The number of aromatic amines is 1. The molecule has 1 aromatic carbocycles. The van der Waals surface area contributed by atoms with Gasteiger partial charge < -0.3 is 15.0 Å². The zero-order chi connectivity index (χ0) is 17.2. The average molecular weight is 338 g/mol. The number of nitrogens with zero attached hydrogens (tertiary/aromatic N) is 2. The van der Waals surface area contributed by atoms with Crippen molar-refractivity contribution in [1.29, 1.82) is 0 Å². The Morgan fingerprint density at radius 2 is 2.36 bits per heavy atom. The highest BCUT2D eigenvalue weighted by Gasteiger charge is 2.30. The number of hydrogen-bond acceptors (Lipinski definition) is 3. The molecule has 0 spiro atoms. The Hall–Kier alpha value is -2.60. The summed E-state index contributed by atoms with van der Waals surface area (Å²) in [4.78, 5) is 16.0. The lowest BCUT2D eigenvalue weighted by molar-refractivity contribution is -0.00949. The second-order valence-electron chi connectivity index (χ2n) is 6.39. The van der Waals surface area contributed by atoms with Crippen LogP contribution in [0.1, 0.15) is 41.8 Å². The van der Waals surface area contributed by atoms with Crippen LogP contribution in [0.4, 0.5) is 0 Å². The number of fused-ring (bicyclic) bond motifs is 1. The van der Waals surface area contributed by atoms with Crippen LogP contribution < -0.4 is 5.32 Å². The molecule has 25 heavy (non-hydrogen) atoms. The highest BCUT2D eigenvalue weighted by atomic mass is 16.5. The minimum atomic E-state index is -0.150. The van der Waals surface area contributed by atoms with Crippen LogP contribution in [0, 0.1) is 0 Å². The smallest absolute Gasteiger partial charge is 0.252 e. The number of H-pyrrole nitrogens is 1. The van der Waals surface area contributed by atoms with E-state index in [1.165, 1.54) is 0 Å². The molecular formula is C19H22N4O2. The monoisotopic (exact) mass is 338 g/mol. The van der Waals surface area contributed by atoms with Gasteiger partial charge in [0.2, 0.25) is 0 Å².